The lowest BCUT2D eigenvalue weighted by Gasteiger charge is -2.07. The van der Waals surface area contributed by atoms with Crippen LogP contribution >= 0.6 is 0 Å². The van der Waals surface area contributed by atoms with Gasteiger partial charge in [-0.05, 0) is 20.3 Å². The van der Waals surface area contributed by atoms with Crippen LogP contribution in [0.4, 0.5) is 0 Å². The molecule has 0 aliphatic heterocycles. The van der Waals surface area contributed by atoms with Crippen LogP contribution in [0.25, 0.3) is 0 Å². The minimum Gasteiger partial charge on any atom is -0.463 e. The zero-order chi connectivity index (χ0) is 11.1. The van der Waals surface area contributed by atoms with Crippen molar-refractivity contribution in [3.05, 3.63) is 11.1 Å². The molecule has 0 aromatic heterocycles. The summed E-state index contributed by atoms with van der Waals surface area (Å²) in [6, 6.07) is 0. The quantitative estimate of drug-likeness (QED) is 0.525. The largest absolute Gasteiger partial charge is 0.463 e. The van der Waals surface area contributed by atoms with Crippen LogP contribution < -0.4 is 5.73 Å². The van der Waals surface area contributed by atoms with Gasteiger partial charge in [0.15, 0.2) is 5.78 Å². The Morgan fingerprint density at radius 3 is 2.21 bits per heavy atom. The fourth-order valence-corrected chi connectivity index (χ4v) is 1.16. The molecule has 0 fully saturated rings. The lowest BCUT2D eigenvalue weighted by Crippen LogP contribution is -2.19. The molecule has 80 valence electrons. The van der Waals surface area contributed by atoms with Crippen LogP contribution in [-0.4, -0.2) is 24.9 Å². The normalized spacial score (nSPS) is 12.0. The summed E-state index contributed by atoms with van der Waals surface area (Å²) in [5, 5.41) is 0. The molecule has 4 heteroatoms. The summed E-state index contributed by atoms with van der Waals surface area (Å²) >= 11 is 0. The minimum absolute atomic E-state index is 0.0695. The van der Waals surface area contributed by atoms with Crippen LogP contribution in [0, 0.1) is 0 Å². The molecule has 0 atom stereocenters. The molecule has 0 aromatic carbocycles. The third-order valence-electron chi connectivity index (χ3n) is 1.91. The van der Waals surface area contributed by atoms with Crippen LogP contribution in [0.15, 0.2) is 11.1 Å². The smallest absolute Gasteiger partial charge is 0.334 e. The van der Waals surface area contributed by atoms with Crippen molar-refractivity contribution in [1.29, 1.82) is 0 Å². The number of ether oxygens (including phenoxy) is 1. The molecule has 2 N–H and O–H groups in total. The van der Waals surface area contributed by atoms with Crippen molar-refractivity contribution in [2.75, 3.05) is 13.2 Å². The van der Waals surface area contributed by atoms with Gasteiger partial charge in [-0.2, -0.15) is 0 Å². The third-order valence-corrected chi connectivity index (χ3v) is 1.91. The summed E-state index contributed by atoms with van der Waals surface area (Å²) in [4.78, 5) is 22.6. The van der Waals surface area contributed by atoms with Gasteiger partial charge < -0.3 is 10.5 Å². The molecule has 0 aliphatic carbocycles. The van der Waals surface area contributed by atoms with Crippen molar-refractivity contribution in [3.8, 4) is 0 Å². The molecule has 0 aromatic rings. The first-order valence-electron chi connectivity index (χ1n) is 4.68. The van der Waals surface area contributed by atoms with Crippen LogP contribution in [0.3, 0.4) is 0 Å². The first kappa shape index (κ1) is 12.8. The monoisotopic (exact) mass is 199 g/mol. The summed E-state index contributed by atoms with van der Waals surface area (Å²) in [6.45, 7) is 5.36. The van der Waals surface area contributed by atoms with Crippen molar-refractivity contribution in [2.45, 2.75) is 27.2 Å². The average Bonchev–Trinajstić information content (AvgIpc) is 2.18. The summed E-state index contributed by atoms with van der Waals surface area (Å²) in [5.74, 6) is -0.635. The SMILES string of the molecule is CCOC(=O)C(C)=C(CC)C(=O)CN. The van der Waals surface area contributed by atoms with Gasteiger partial charge in [-0.3, -0.25) is 4.79 Å². The fraction of sp³-hybridized carbons (Fsp3) is 0.600. The number of nitrogens with two attached hydrogens (primary N) is 1. The van der Waals surface area contributed by atoms with Gasteiger partial charge in [0.05, 0.1) is 13.2 Å². The zero-order valence-corrected chi connectivity index (χ0v) is 8.92. The van der Waals surface area contributed by atoms with Crippen molar-refractivity contribution in [3.63, 3.8) is 0 Å². The minimum atomic E-state index is -0.439. The van der Waals surface area contributed by atoms with Crippen LogP contribution in [0.1, 0.15) is 27.2 Å². The van der Waals surface area contributed by atoms with Gasteiger partial charge in [-0.1, -0.05) is 6.92 Å². The number of hydrogen-bond acceptors (Lipinski definition) is 4. The first-order valence-corrected chi connectivity index (χ1v) is 4.68. The van der Waals surface area contributed by atoms with E-state index in [1.807, 2.05) is 6.92 Å². The average molecular weight is 199 g/mol. The van der Waals surface area contributed by atoms with E-state index in [-0.39, 0.29) is 12.3 Å². The fourth-order valence-electron chi connectivity index (χ4n) is 1.16. The van der Waals surface area contributed by atoms with Gasteiger partial charge in [-0.15, -0.1) is 0 Å². The second kappa shape index (κ2) is 6.32. The highest BCUT2D eigenvalue weighted by Gasteiger charge is 2.15. The maximum absolute atomic E-state index is 11.3. The Kier molecular flexibility index (Phi) is 5.79. The lowest BCUT2D eigenvalue weighted by molar-refractivity contribution is -0.138. The molecule has 0 saturated carbocycles. The Morgan fingerprint density at radius 2 is 1.86 bits per heavy atom. The highest BCUT2D eigenvalue weighted by molar-refractivity contribution is 6.04. The maximum atomic E-state index is 11.3. The Balaban J connectivity index is 4.82. The number of carbonyl (C=O) groups is 2. The van der Waals surface area contributed by atoms with E-state index in [4.69, 9.17) is 10.5 Å². The molecule has 0 saturated heterocycles. The van der Waals surface area contributed by atoms with Crippen molar-refractivity contribution < 1.29 is 14.3 Å². The number of Topliss-reactive ketones (excluding diaryl/α,β-unsaturated/α-hetero) is 1. The topological polar surface area (TPSA) is 69.4 Å². The van der Waals surface area contributed by atoms with Gasteiger partial charge in [0.2, 0.25) is 0 Å². The molecule has 0 unspecified atom stereocenters. The second-order valence-electron chi connectivity index (χ2n) is 2.80. The molecular formula is C10H17NO3. The van der Waals surface area contributed by atoms with E-state index >= 15 is 0 Å². The number of esters is 1. The highest BCUT2D eigenvalue weighted by Crippen LogP contribution is 2.10. The standard InChI is InChI=1S/C10H17NO3/c1-4-8(9(12)6-11)7(3)10(13)14-5-2/h4-6,11H2,1-3H3. The first-order chi connectivity index (χ1) is 6.58. The molecule has 0 radical (unpaired) electrons. The van der Waals surface area contributed by atoms with Crippen molar-refractivity contribution in [1.82, 2.24) is 0 Å². The van der Waals surface area contributed by atoms with Crippen LogP contribution in [0.5, 0.6) is 0 Å². The van der Waals surface area contributed by atoms with E-state index in [0.717, 1.165) is 0 Å². The second-order valence-corrected chi connectivity index (χ2v) is 2.80. The lowest BCUT2D eigenvalue weighted by atomic mass is 10.0. The van der Waals surface area contributed by atoms with E-state index in [1.165, 1.54) is 0 Å². The summed E-state index contributed by atoms with van der Waals surface area (Å²) in [5.41, 5.74) is 6.05. The summed E-state index contributed by atoms with van der Waals surface area (Å²) < 4.78 is 4.79. The Labute approximate surface area is 84.1 Å². The van der Waals surface area contributed by atoms with Gasteiger partial charge in [0, 0.05) is 11.1 Å². The number of carbonyl (C=O) groups excluding carboxylic acids is 2. The van der Waals surface area contributed by atoms with Gasteiger partial charge in [0.1, 0.15) is 0 Å². The molecular weight excluding hydrogens is 182 g/mol. The molecule has 0 bridgehead atoms. The van der Waals surface area contributed by atoms with Crippen LogP contribution in [-0.2, 0) is 14.3 Å². The van der Waals surface area contributed by atoms with E-state index < -0.39 is 5.97 Å². The zero-order valence-electron chi connectivity index (χ0n) is 8.92. The summed E-state index contributed by atoms with van der Waals surface area (Å²) in [6.07, 6.45) is 0.501. The molecule has 14 heavy (non-hydrogen) atoms. The Hall–Kier alpha value is -1.16. The molecule has 0 aliphatic rings. The molecule has 0 heterocycles. The maximum Gasteiger partial charge on any atom is 0.334 e. The highest BCUT2D eigenvalue weighted by atomic mass is 16.5. The van der Waals surface area contributed by atoms with E-state index in [9.17, 15) is 9.59 Å². The van der Waals surface area contributed by atoms with Gasteiger partial charge in [0.25, 0.3) is 0 Å². The number of ketones is 1. The summed E-state index contributed by atoms with van der Waals surface area (Å²) in [7, 11) is 0. The third kappa shape index (κ3) is 3.30. The number of rotatable bonds is 5. The molecule has 0 spiro atoms. The number of hydrogen-bond donors (Lipinski definition) is 1. The van der Waals surface area contributed by atoms with Crippen molar-refractivity contribution in [2.24, 2.45) is 5.73 Å². The van der Waals surface area contributed by atoms with E-state index in [0.29, 0.717) is 24.2 Å². The molecule has 4 nitrogen and oxygen atoms in total. The van der Waals surface area contributed by atoms with Crippen LogP contribution in [0.2, 0.25) is 0 Å². The Morgan fingerprint density at radius 1 is 1.29 bits per heavy atom. The van der Waals surface area contributed by atoms with Gasteiger partial charge >= 0.3 is 5.97 Å². The van der Waals surface area contributed by atoms with E-state index in [1.54, 1.807) is 13.8 Å². The van der Waals surface area contributed by atoms with Gasteiger partial charge in [-0.25, -0.2) is 4.79 Å². The predicted octanol–water partition coefficient (Wildman–Crippen LogP) is 0.804. The Bertz CT molecular complexity index is 256. The molecule has 0 rings (SSSR count). The van der Waals surface area contributed by atoms with E-state index in [2.05, 4.69) is 0 Å². The van der Waals surface area contributed by atoms with Crippen molar-refractivity contribution >= 4 is 11.8 Å². The predicted molar refractivity (Wildman–Crippen MR) is 53.7 cm³/mol. The molecule has 0 amide bonds.